The van der Waals surface area contributed by atoms with Crippen LogP contribution in [-0.4, -0.2) is 14.2 Å². The zero-order valence-corrected chi connectivity index (χ0v) is 17.3. The molecule has 0 radical (unpaired) electrons. The fraction of sp³-hybridized carbons (Fsp3) is 0.217. The van der Waals surface area contributed by atoms with Crippen LogP contribution >= 0.6 is 12.4 Å². The Hall–Kier alpha value is -2.76. The van der Waals surface area contributed by atoms with Gasteiger partial charge in [0, 0.05) is 24.2 Å². The molecule has 0 saturated heterocycles. The second-order valence-corrected chi connectivity index (χ2v) is 6.28. The highest BCUT2D eigenvalue weighted by Crippen LogP contribution is 2.32. The van der Waals surface area contributed by atoms with Crippen molar-refractivity contribution in [3.63, 3.8) is 0 Å². The third-order valence-electron chi connectivity index (χ3n) is 4.41. The molecule has 0 heterocycles. The quantitative estimate of drug-likeness (QED) is 0.523. The van der Waals surface area contributed by atoms with E-state index in [9.17, 15) is 4.39 Å². The Morgan fingerprint density at radius 3 is 2.21 bits per heavy atom. The van der Waals surface area contributed by atoms with Crippen LogP contribution in [0.1, 0.15) is 16.7 Å². The van der Waals surface area contributed by atoms with Crippen LogP contribution in [-0.2, 0) is 19.7 Å². The minimum absolute atomic E-state index is 0. The topological polar surface area (TPSA) is 39.7 Å². The Kier molecular flexibility index (Phi) is 8.77. The maximum absolute atomic E-state index is 13.9. The Balaban J connectivity index is 0.00000300. The summed E-state index contributed by atoms with van der Waals surface area (Å²) in [6, 6.07) is 20.2. The molecule has 0 unspecified atom stereocenters. The van der Waals surface area contributed by atoms with Crippen molar-refractivity contribution in [3.8, 4) is 17.2 Å². The van der Waals surface area contributed by atoms with Crippen molar-refractivity contribution in [1.82, 2.24) is 5.32 Å². The molecular formula is C23H25ClFNO3. The molecule has 154 valence electrons. The third-order valence-corrected chi connectivity index (χ3v) is 4.41. The van der Waals surface area contributed by atoms with Gasteiger partial charge in [0.25, 0.3) is 0 Å². The molecule has 0 bridgehead atoms. The van der Waals surface area contributed by atoms with Crippen molar-refractivity contribution in [2.24, 2.45) is 0 Å². The second kappa shape index (κ2) is 11.3. The molecule has 0 aliphatic carbocycles. The van der Waals surface area contributed by atoms with E-state index in [-0.39, 0.29) is 24.8 Å². The Bertz CT molecular complexity index is 903. The van der Waals surface area contributed by atoms with Gasteiger partial charge in [-0.25, -0.2) is 4.39 Å². The molecule has 0 aliphatic rings. The number of nitrogens with one attached hydrogen (secondary N) is 1. The number of ether oxygens (including phenoxy) is 3. The molecule has 0 aliphatic heterocycles. The van der Waals surface area contributed by atoms with Gasteiger partial charge >= 0.3 is 0 Å². The van der Waals surface area contributed by atoms with Gasteiger partial charge in [-0.15, -0.1) is 12.4 Å². The highest BCUT2D eigenvalue weighted by atomic mass is 35.5. The number of methoxy groups -OCH3 is 2. The first-order valence-electron chi connectivity index (χ1n) is 9.07. The fourth-order valence-electron chi connectivity index (χ4n) is 2.88. The van der Waals surface area contributed by atoms with Crippen LogP contribution in [0.25, 0.3) is 0 Å². The fourth-order valence-corrected chi connectivity index (χ4v) is 2.88. The van der Waals surface area contributed by atoms with Gasteiger partial charge < -0.3 is 19.5 Å². The summed E-state index contributed by atoms with van der Waals surface area (Å²) >= 11 is 0. The van der Waals surface area contributed by atoms with Crippen LogP contribution in [0.2, 0.25) is 0 Å². The summed E-state index contributed by atoms with van der Waals surface area (Å²) in [6.07, 6.45) is 0. The van der Waals surface area contributed by atoms with Gasteiger partial charge in [-0.05, 0) is 29.8 Å². The predicted octanol–water partition coefficient (Wildman–Crippen LogP) is 5.13. The van der Waals surface area contributed by atoms with Crippen molar-refractivity contribution in [2.45, 2.75) is 19.7 Å². The third kappa shape index (κ3) is 6.11. The summed E-state index contributed by atoms with van der Waals surface area (Å²) in [6.45, 7) is 1.43. The smallest absolute Gasteiger partial charge is 0.166 e. The molecule has 0 saturated carbocycles. The number of rotatable bonds is 9. The average molecular weight is 418 g/mol. The molecule has 0 atom stereocenters. The summed E-state index contributed by atoms with van der Waals surface area (Å²) in [4.78, 5) is 0. The normalized spacial score (nSPS) is 10.2. The largest absolute Gasteiger partial charge is 0.497 e. The van der Waals surface area contributed by atoms with Gasteiger partial charge in [-0.2, -0.15) is 0 Å². The molecule has 29 heavy (non-hydrogen) atoms. The summed E-state index contributed by atoms with van der Waals surface area (Å²) in [7, 11) is 3.25. The molecule has 0 aromatic heterocycles. The van der Waals surface area contributed by atoms with Gasteiger partial charge in [0.2, 0.25) is 0 Å². The van der Waals surface area contributed by atoms with Crippen LogP contribution in [0.5, 0.6) is 17.2 Å². The van der Waals surface area contributed by atoms with Crippen molar-refractivity contribution in [1.29, 1.82) is 0 Å². The van der Waals surface area contributed by atoms with E-state index in [0.29, 0.717) is 30.2 Å². The minimum Gasteiger partial charge on any atom is -0.497 e. The second-order valence-electron chi connectivity index (χ2n) is 6.28. The van der Waals surface area contributed by atoms with E-state index >= 15 is 0 Å². The van der Waals surface area contributed by atoms with Crippen LogP contribution in [0.4, 0.5) is 4.39 Å². The molecule has 1 N–H and O–H groups in total. The lowest BCUT2D eigenvalue weighted by atomic mass is 10.1. The number of hydrogen-bond donors (Lipinski definition) is 1. The summed E-state index contributed by atoms with van der Waals surface area (Å²) in [5.41, 5.74) is 2.60. The molecule has 6 heteroatoms. The zero-order valence-electron chi connectivity index (χ0n) is 16.5. The van der Waals surface area contributed by atoms with E-state index < -0.39 is 0 Å². The Morgan fingerprint density at radius 1 is 0.793 bits per heavy atom. The summed E-state index contributed by atoms with van der Waals surface area (Å²) in [5.74, 6) is 1.80. The molecular weight excluding hydrogens is 393 g/mol. The van der Waals surface area contributed by atoms with Gasteiger partial charge in [0.15, 0.2) is 11.5 Å². The van der Waals surface area contributed by atoms with Crippen LogP contribution < -0.4 is 19.5 Å². The molecule has 3 aromatic carbocycles. The van der Waals surface area contributed by atoms with Crippen LogP contribution in [0, 0.1) is 5.82 Å². The first-order chi connectivity index (χ1) is 13.7. The number of hydrogen-bond acceptors (Lipinski definition) is 4. The highest BCUT2D eigenvalue weighted by molar-refractivity contribution is 5.85. The first-order valence-corrected chi connectivity index (χ1v) is 9.07. The van der Waals surface area contributed by atoms with E-state index in [1.54, 1.807) is 32.4 Å². The van der Waals surface area contributed by atoms with Gasteiger partial charge in [0.1, 0.15) is 18.2 Å². The van der Waals surface area contributed by atoms with Gasteiger partial charge in [-0.3, -0.25) is 0 Å². The lowest BCUT2D eigenvalue weighted by molar-refractivity contribution is 0.276. The summed E-state index contributed by atoms with van der Waals surface area (Å²) in [5, 5.41) is 3.41. The van der Waals surface area contributed by atoms with E-state index in [1.165, 1.54) is 6.07 Å². The highest BCUT2D eigenvalue weighted by Gasteiger charge is 2.12. The lowest BCUT2D eigenvalue weighted by Gasteiger charge is -2.16. The van der Waals surface area contributed by atoms with Crippen LogP contribution in [0.15, 0.2) is 66.7 Å². The van der Waals surface area contributed by atoms with Gasteiger partial charge in [0.05, 0.1) is 14.2 Å². The maximum Gasteiger partial charge on any atom is 0.166 e. The number of halogens is 2. The number of benzene rings is 3. The molecule has 0 fully saturated rings. The van der Waals surface area contributed by atoms with Crippen molar-refractivity contribution < 1.29 is 18.6 Å². The summed E-state index contributed by atoms with van der Waals surface area (Å²) < 4.78 is 30.4. The SMILES string of the molecule is COc1ccc(CNCc2cccc(OC)c2OCc2ccccc2F)cc1.Cl. The van der Waals surface area contributed by atoms with Crippen molar-refractivity contribution in [2.75, 3.05) is 14.2 Å². The Morgan fingerprint density at radius 2 is 1.52 bits per heavy atom. The minimum atomic E-state index is -0.281. The lowest BCUT2D eigenvalue weighted by Crippen LogP contribution is -2.14. The van der Waals surface area contributed by atoms with E-state index in [2.05, 4.69) is 5.32 Å². The van der Waals surface area contributed by atoms with Crippen LogP contribution in [0.3, 0.4) is 0 Å². The van der Waals surface area contributed by atoms with Gasteiger partial charge in [-0.1, -0.05) is 42.5 Å². The van der Waals surface area contributed by atoms with E-state index in [0.717, 1.165) is 16.9 Å². The van der Waals surface area contributed by atoms with Crippen molar-refractivity contribution >= 4 is 12.4 Å². The zero-order chi connectivity index (χ0) is 19.8. The first kappa shape index (κ1) is 22.5. The monoisotopic (exact) mass is 417 g/mol. The molecule has 3 aromatic rings. The molecule has 4 nitrogen and oxygen atoms in total. The predicted molar refractivity (Wildman–Crippen MR) is 115 cm³/mol. The molecule has 0 spiro atoms. The number of para-hydroxylation sites is 1. The standard InChI is InChI=1S/C23H24FNO3.ClH/c1-26-20-12-10-17(11-13-20)14-25-15-18-7-5-9-22(27-2)23(18)28-16-19-6-3-4-8-21(19)24;/h3-13,25H,14-16H2,1-2H3;1H. The van der Waals surface area contributed by atoms with E-state index in [4.69, 9.17) is 14.2 Å². The molecule has 3 rings (SSSR count). The average Bonchev–Trinajstić information content (AvgIpc) is 2.74. The molecule has 0 amide bonds. The van der Waals surface area contributed by atoms with E-state index in [1.807, 2.05) is 42.5 Å². The Labute approximate surface area is 177 Å². The van der Waals surface area contributed by atoms with Crippen molar-refractivity contribution in [3.05, 3.63) is 89.2 Å². The maximum atomic E-state index is 13.9.